The number of halogens is 1. The van der Waals surface area contributed by atoms with Crippen molar-refractivity contribution < 1.29 is 9.15 Å². The van der Waals surface area contributed by atoms with E-state index in [9.17, 15) is 0 Å². The van der Waals surface area contributed by atoms with Gasteiger partial charge in [0.2, 0.25) is 5.89 Å². The van der Waals surface area contributed by atoms with Gasteiger partial charge in [-0.3, -0.25) is 0 Å². The summed E-state index contributed by atoms with van der Waals surface area (Å²) in [5.74, 6) is 1.38. The van der Waals surface area contributed by atoms with E-state index in [2.05, 4.69) is 4.98 Å². The molecule has 0 radical (unpaired) electrons. The van der Waals surface area contributed by atoms with Crippen LogP contribution in [0, 0.1) is 0 Å². The van der Waals surface area contributed by atoms with Gasteiger partial charge in [0.15, 0.2) is 5.58 Å². The van der Waals surface area contributed by atoms with Crippen LogP contribution in [0.3, 0.4) is 0 Å². The average Bonchev–Trinajstić information content (AvgIpc) is 3.04. The zero-order valence-electron chi connectivity index (χ0n) is 12.8. The summed E-state index contributed by atoms with van der Waals surface area (Å²) >= 11 is 5.98. The number of nitrogens with zero attached hydrogens (tertiary/aromatic N) is 1. The van der Waals surface area contributed by atoms with Crippen LogP contribution in [0.25, 0.3) is 22.6 Å². The molecule has 1 aromatic heterocycles. The third-order valence-electron chi connectivity index (χ3n) is 3.70. The normalized spacial score (nSPS) is 10.9. The summed E-state index contributed by atoms with van der Waals surface area (Å²) in [5, 5.41) is 0.645. The molecule has 24 heavy (non-hydrogen) atoms. The Bertz CT molecular complexity index is 962. The molecule has 0 atom stereocenters. The quantitative estimate of drug-likeness (QED) is 0.478. The van der Waals surface area contributed by atoms with Crippen molar-refractivity contribution in [3.8, 4) is 17.2 Å². The average molecular weight is 336 g/mol. The number of hydrogen-bond acceptors (Lipinski definition) is 3. The highest BCUT2D eigenvalue weighted by molar-refractivity contribution is 6.31. The lowest BCUT2D eigenvalue weighted by atomic mass is 10.2. The molecule has 0 aliphatic carbocycles. The summed E-state index contributed by atoms with van der Waals surface area (Å²) < 4.78 is 11.6. The Labute approximate surface area is 144 Å². The first kappa shape index (κ1) is 14.8. The minimum absolute atomic E-state index is 0.543. The lowest BCUT2D eigenvalue weighted by molar-refractivity contribution is 0.306. The third kappa shape index (κ3) is 3.12. The number of aromatic nitrogens is 1. The van der Waals surface area contributed by atoms with Crippen LogP contribution >= 0.6 is 11.6 Å². The van der Waals surface area contributed by atoms with Gasteiger partial charge in [0.1, 0.15) is 17.9 Å². The summed E-state index contributed by atoms with van der Waals surface area (Å²) in [5.41, 5.74) is 3.51. The molecule has 3 aromatic carbocycles. The summed E-state index contributed by atoms with van der Waals surface area (Å²) in [4.78, 5) is 4.48. The van der Waals surface area contributed by atoms with Crippen LogP contribution in [0.4, 0.5) is 0 Å². The van der Waals surface area contributed by atoms with E-state index in [1.807, 2.05) is 60.7 Å². The van der Waals surface area contributed by atoms with Gasteiger partial charge < -0.3 is 9.15 Å². The van der Waals surface area contributed by atoms with Gasteiger partial charge in [-0.05, 0) is 48.0 Å². The fourth-order valence-corrected chi connectivity index (χ4v) is 2.63. The zero-order valence-corrected chi connectivity index (χ0v) is 13.5. The van der Waals surface area contributed by atoms with Crippen LogP contribution in [0.2, 0.25) is 5.02 Å². The van der Waals surface area contributed by atoms with Gasteiger partial charge in [-0.2, -0.15) is 0 Å². The van der Waals surface area contributed by atoms with E-state index in [-0.39, 0.29) is 0 Å². The molecule has 4 rings (SSSR count). The SMILES string of the molecule is Clc1ccc2oc(-c3ccc(OCc4ccccc4)cc3)nc2c1. The largest absolute Gasteiger partial charge is 0.489 e. The molecular formula is C20H14ClNO2. The molecule has 0 aliphatic heterocycles. The molecule has 118 valence electrons. The third-order valence-corrected chi connectivity index (χ3v) is 3.93. The molecule has 1 heterocycles. The highest BCUT2D eigenvalue weighted by Gasteiger charge is 2.08. The molecule has 0 saturated carbocycles. The summed E-state index contributed by atoms with van der Waals surface area (Å²) in [6.45, 7) is 0.543. The van der Waals surface area contributed by atoms with Gasteiger partial charge in [-0.1, -0.05) is 41.9 Å². The van der Waals surface area contributed by atoms with Crippen molar-refractivity contribution >= 4 is 22.7 Å². The van der Waals surface area contributed by atoms with Crippen LogP contribution in [-0.2, 0) is 6.61 Å². The molecule has 0 spiro atoms. The molecule has 0 amide bonds. The molecule has 0 fully saturated rings. The number of hydrogen-bond donors (Lipinski definition) is 0. The Hall–Kier alpha value is -2.78. The van der Waals surface area contributed by atoms with Crippen LogP contribution in [0.5, 0.6) is 5.75 Å². The Morgan fingerprint density at radius 2 is 1.71 bits per heavy atom. The maximum Gasteiger partial charge on any atom is 0.227 e. The van der Waals surface area contributed by atoms with Gasteiger partial charge >= 0.3 is 0 Å². The fraction of sp³-hybridized carbons (Fsp3) is 0.0500. The molecule has 3 nitrogen and oxygen atoms in total. The maximum atomic E-state index is 5.98. The summed E-state index contributed by atoms with van der Waals surface area (Å²) in [7, 11) is 0. The second-order valence-corrected chi connectivity index (χ2v) is 5.87. The Morgan fingerprint density at radius 1 is 0.917 bits per heavy atom. The first-order valence-electron chi connectivity index (χ1n) is 7.61. The fourth-order valence-electron chi connectivity index (χ4n) is 2.46. The van der Waals surface area contributed by atoms with Gasteiger partial charge in [0, 0.05) is 10.6 Å². The molecule has 0 unspecified atom stereocenters. The van der Waals surface area contributed by atoms with Gasteiger partial charge in [0.05, 0.1) is 0 Å². The molecule has 4 heteroatoms. The smallest absolute Gasteiger partial charge is 0.227 e. The number of oxazole rings is 1. The predicted octanol–water partition coefficient (Wildman–Crippen LogP) is 5.73. The monoisotopic (exact) mass is 335 g/mol. The lowest BCUT2D eigenvalue weighted by Crippen LogP contribution is -1.94. The van der Waals surface area contributed by atoms with Crippen molar-refractivity contribution in [1.29, 1.82) is 0 Å². The van der Waals surface area contributed by atoms with E-state index < -0.39 is 0 Å². The molecular weight excluding hydrogens is 322 g/mol. The van der Waals surface area contributed by atoms with E-state index >= 15 is 0 Å². The minimum atomic E-state index is 0.543. The highest BCUT2D eigenvalue weighted by atomic mass is 35.5. The van der Waals surface area contributed by atoms with Crippen molar-refractivity contribution in [3.05, 3.63) is 83.4 Å². The second-order valence-electron chi connectivity index (χ2n) is 5.43. The van der Waals surface area contributed by atoms with Crippen LogP contribution in [-0.4, -0.2) is 4.98 Å². The van der Waals surface area contributed by atoms with Gasteiger partial charge in [-0.15, -0.1) is 0 Å². The molecule has 0 N–H and O–H groups in total. The Morgan fingerprint density at radius 3 is 2.50 bits per heavy atom. The van der Waals surface area contributed by atoms with Crippen molar-refractivity contribution in [1.82, 2.24) is 4.98 Å². The molecule has 0 aliphatic rings. The van der Waals surface area contributed by atoms with Crippen LogP contribution in [0.15, 0.2) is 77.2 Å². The zero-order chi connectivity index (χ0) is 16.4. The number of fused-ring (bicyclic) bond motifs is 1. The van der Waals surface area contributed by atoms with Crippen LogP contribution < -0.4 is 4.74 Å². The predicted molar refractivity (Wildman–Crippen MR) is 95.2 cm³/mol. The first-order valence-corrected chi connectivity index (χ1v) is 7.99. The van der Waals surface area contributed by atoms with E-state index in [4.69, 9.17) is 20.8 Å². The summed E-state index contributed by atoms with van der Waals surface area (Å²) in [6.07, 6.45) is 0. The topological polar surface area (TPSA) is 35.3 Å². The van der Waals surface area contributed by atoms with Crippen molar-refractivity contribution in [2.24, 2.45) is 0 Å². The maximum absolute atomic E-state index is 5.98. The molecule has 4 aromatic rings. The van der Waals surface area contributed by atoms with Gasteiger partial charge in [-0.25, -0.2) is 4.98 Å². The number of rotatable bonds is 4. The van der Waals surface area contributed by atoms with Crippen molar-refractivity contribution in [3.63, 3.8) is 0 Å². The van der Waals surface area contributed by atoms with Gasteiger partial charge in [0.25, 0.3) is 0 Å². The second kappa shape index (κ2) is 6.38. The summed E-state index contributed by atoms with van der Waals surface area (Å²) in [6, 6.07) is 23.2. The Kier molecular flexibility index (Phi) is 3.93. The van der Waals surface area contributed by atoms with E-state index in [1.54, 1.807) is 12.1 Å². The highest BCUT2D eigenvalue weighted by Crippen LogP contribution is 2.27. The first-order chi connectivity index (χ1) is 11.8. The number of ether oxygens (including phenoxy) is 1. The van der Waals surface area contributed by atoms with E-state index in [0.29, 0.717) is 17.5 Å². The van der Waals surface area contributed by atoms with E-state index in [1.165, 1.54) is 0 Å². The Balaban J connectivity index is 1.52. The van der Waals surface area contributed by atoms with E-state index in [0.717, 1.165) is 28.0 Å². The standard InChI is InChI=1S/C20H14ClNO2/c21-16-8-11-19-18(12-16)22-20(24-19)15-6-9-17(10-7-15)23-13-14-4-2-1-3-5-14/h1-12H,13H2. The van der Waals surface area contributed by atoms with Crippen LogP contribution in [0.1, 0.15) is 5.56 Å². The molecule has 0 saturated heterocycles. The lowest BCUT2D eigenvalue weighted by Gasteiger charge is -2.06. The minimum Gasteiger partial charge on any atom is -0.489 e. The number of benzene rings is 3. The van der Waals surface area contributed by atoms with Crippen molar-refractivity contribution in [2.75, 3.05) is 0 Å². The molecule has 0 bridgehead atoms. The van der Waals surface area contributed by atoms with Crippen molar-refractivity contribution in [2.45, 2.75) is 6.61 Å².